The topological polar surface area (TPSA) is 89.3 Å². The first kappa shape index (κ1) is 13.2. The zero-order chi connectivity index (χ0) is 13.1. The van der Waals surface area contributed by atoms with E-state index in [1.807, 2.05) is 0 Å². The average Bonchev–Trinajstić information content (AvgIpc) is 2.15. The van der Waals surface area contributed by atoms with Crippen molar-refractivity contribution in [3.05, 3.63) is 24.0 Å². The molecule has 90 valence electrons. The Hall–Kier alpha value is -1.91. The van der Waals surface area contributed by atoms with Gasteiger partial charge in [0, 0.05) is 5.69 Å². The number of hydrogen-bond acceptors (Lipinski definition) is 3. The molecule has 0 fully saturated rings. The van der Waals surface area contributed by atoms with Crippen molar-refractivity contribution in [2.24, 2.45) is 5.14 Å². The second-order valence-electron chi connectivity index (χ2n) is 3.05. The molecule has 0 radical (unpaired) electrons. The first-order chi connectivity index (χ1) is 7.82. The summed E-state index contributed by atoms with van der Waals surface area (Å²) in [6.07, 6.45) is 0. The molecule has 0 heterocycles. The fourth-order valence-corrected chi connectivity index (χ4v) is 1.64. The third kappa shape index (κ3) is 3.86. The first-order valence-corrected chi connectivity index (χ1v) is 5.94. The van der Waals surface area contributed by atoms with Crippen LogP contribution in [-0.4, -0.2) is 14.3 Å². The predicted molar refractivity (Wildman–Crippen MR) is 59.9 cm³/mol. The number of nitrogens with two attached hydrogens (primary N) is 1. The number of carbonyl (C=O) groups excluding carboxylic acids is 1. The molecule has 0 aromatic heterocycles. The highest BCUT2D eigenvalue weighted by atomic mass is 32.2. The number of rotatable bonds is 2. The average molecular weight is 256 g/mol. The summed E-state index contributed by atoms with van der Waals surface area (Å²) in [6, 6.07) is 2.77. The van der Waals surface area contributed by atoms with E-state index < -0.39 is 26.6 Å². The van der Waals surface area contributed by atoms with Crippen LogP contribution in [0.25, 0.3) is 0 Å². The van der Waals surface area contributed by atoms with Gasteiger partial charge in [0.2, 0.25) is 10.0 Å². The molecule has 0 spiro atoms. The molecule has 1 rings (SSSR count). The van der Waals surface area contributed by atoms with E-state index in [0.29, 0.717) is 0 Å². The Morgan fingerprint density at radius 2 is 2.06 bits per heavy atom. The molecule has 0 unspecified atom stereocenters. The van der Waals surface area contributed by atoms with Crippen molar-refractivity contribution in [3.8, 4) is 11.8 Å². The third-order valence-corrected chi connectivity index (χ3v) is 2.59. The lowest BCUT2D eigenvalue weighted by Gasteiger charge is -2.04. The number of carbonyl (C=O) groups is 1. The van der Waals surface area contributed by atoms with Gasteiger partial charge in [0.05, 0.1) is 4.90 Å². The van der Waals surface area contributed by atoms with Gasteiger partial charge >= 0.3 is 0 Å². The summed E-state index contributed by atoms with van der Waals surface area (Å²) in [4.78, 5) is 10.7. The van der Waals surface area contributed by atoms with Crippen LogP contribution in [0.2, 0.25) is 0 Å². The molecule has 0 aliphatic carbocycles. The molecule has 17 heavy (non-hydrogen) atoms. The minimum absolute atomic E-state index is 0.0261. The number of nitrogens with one attached hydrogen (secondary N) is 1. The monoisotopic (exact) mass is 256 g/mol. The fourth-order valence-electron chi connectivity index (χ4n) is 1.08. The third-order valence-electron chi connectivity index (χ3n) is 1.70. The molecule has 5 nitrogen and oxygen atoms in total. The summed E-state index contributed by atoms with van der Waals surface area (Å²) >= 11 is 0. The van der Waals surface area contributed by atoms with Crippen molar-refractivity contribution in [3.63, 3.8) is 0 Å². The van der Waals surface area contributed by atoms with Crippen molar-refractivity contribution in [2.45, 2.75) is 11.8 Å². The highest BCUT2D eigenvalue weighted by molar-refractivity contribution is 7.89. The van der Waals surface area contributed by atoms with Gasteiger partial charge in [0.25, 0.3) is 5.91 Å². The van der Waals surface area contributed by atoms with Gasteiger partial charge in [-0.2, -0.15) is 0 Å². The van der Waals surface area contributed by atoms with Crippen LogP contribution in [-0.2, 0) is 14.8 Å². The van der Waals surface area contributed by atoms with Crippen LogP contribution in [0.5, 0.6) is 0 Å². The largest absolute Gasteiger partial charge is 0.315 e. The summed E-state index contributed by atoms with van der Waals surface area (Å²) in [5.74, 6) is 3.03. The van der Waals surface area contributed by atoms with Gasteiger partial charge in [-0.15, -0.1) is 0 Å². The highest BCUT2D eigenvalue weighted by Crippen LogP contribution is 2.16. The maximum absolute atomic E-state index is 13.1. The van der Waals surface area contributed by atoms with Gasteiger partial charge in [0.1, 0.15) is 5.82 Å². The molecular formula is C10H9FN2O3S. The second-order valence-corrected chi connectivity index (χ2v) is 4.61. The number of amides is 1. The second kappa shape index (κ2) is 4.95. The minimum Gasteiger partial charge on any atom is -0.315 e. The molecule has 0 saturated carbocycles. The van der Waals surface area contributed by atoms with Crippen molar-refractivity contribution >= 4 is 21.6 Å². The van der Waals surface area contributed by atoms with Crippen molar-refractivity contribution in [1.29, 1.82) is 0 Å². The van der Waals surface area contributed by atoms with E-state index in [-0.39, 0.29) is 5.69 Å². The summed E-state index contributed by atoms with van der Waals surface area (Å²) in [5.41, 5.74) is -0.0261. The van der Waals surface area contributed by atoms with E-state index in [4.69, 9.17) is 5.14 Å². The smallest absolute Gasteiger partial charge is 0.300 e. The van der Waals surface area contributed by atoms with Gasteiger partial charge in [-0.3, -0.25) is 4.79 Å². The summed E-state index contributed by atoms with van der Waals surface area (Å²) in [6.45, 7) is 1.46. The molecular weight excluding hydrogens is 247 g/mol. The van der Waals surface area contributed by atoms with Gasteiger partial charge in [-0.05, 0) is 31.0 Å². The Bertz CT molecular complexity index is 614. The number of hydrogen-bond donors (Lipinski definition) is 2. The molecule has 7 heteroatoms. The normalized spacial score (nSPS) is 10.3. The number of primary sulfonamides is 1. The SMILES string of the molecule is CC#CC(=O)Nc1cc(F)cc(S(N)(=O)=O)c1. The van der Waals surface area contributed by atoms with Crippen LogP contribution in [0.3, 0.4) is 0 Å². The quantitative estimate of drug-likeness (QED) is 0.752. The van der Waals surface area contributed by atoms with E-state index in [9.17, 15) is 17.6 Å². The maximum atomic E-state index is 13.1. The summed E-state index contributed by atoms with van der Waals surface area (Å²) in [7, 11) is -4.02. The number of benzene rings is 1. The minimum atomic E-state index is -4.02. The highest BCUT2D eigenvalue weighted by Gasteiger charge is 2.11. The maximum Gasteiger partial charge on any atom is 0.300 e. The van der Waals surface area contributed by atoms with Gasteiger partial charge in [-0.1, -0.05) is 5.92 Å². The molecule has 1 aromatic carbocycles. The Kier molecular flexibility index (Phi) is 3.83. The first-order valence-electron chi connectivity index (χ1n) is 4.40. The molecule has 3 N–H and O–H groups in total. The Morgan fingerprint density at radius 3 is 2.59 bits per heavy atom. The summed E-state index contributed by atoms with van der Waals surface area (Å²) < 4.78 is 35.1. The molecule has 0 bridgehead atoms. The lowest BCUT2D eigenvalue weighted by Crippen LogP contribution is -2.14. The standard InChI is InChI=1S/C10H9FN2O3S/c1-2-3-10(14)13-8-4-7(11)5-9(6-8)17(12,15)16/h4-6H,1H3,(H,13,14)(H2,12,15,16). The number of halogens is 1. The van der Waals surface area contributed by atoms with Gasteiger partial charge < -0.3 is 5.32 Å². The fraction of sp³-hybridized carbons (Fsp3) is 0.100. The van der Waals surface area contributed by atoms with Crippen LogP contribution < -0.4 is 10.5 Å². The van der Waals surface area contributed by atoms with E-state index in [2.05, 4.69) is 17.2 Å². The number of sulfonamides is 1. The van der Waals surface area contributed by atoms with Gasteiger partial charge in [-0.25, -0.2) is 17.9 Å². The van der Waals surface area contributed by atoms with E-state index in [1.54, 1.807) is 0 Å². The van der Waals surface area contributed by atoms with Crippen LogP contribution in [0.15, 0.2) is 23.1 Å². The Balaban J connectivity index is 3.14. The zero-order valence-corrected chi connectivity index (χ0v) is 9.64. The van der Waals surface area contributed by atoms with Crippen LogP contribution >= 0.6 is 0 Å². The molecule has 0 aliphatic heterocycles. The predicted octanol–water partition coefficient (Wildman–Crippen LogP) is 0.435. The zero-order valence-electron chi connectivity index (χ0n) is 8.82. The van der Waals surface area contributed by atoms with E-state index in [0.717, 1.165) is 18.2 Å². The molecule has 1 aromatic rings. The Labute approximate surface area is 97.9 Å². The lowest BCUT2D eigenvalue weighted by molar-refractivity contribution is -0.111. The van der Waals surface area contributed by atoms with Crippen molar-refractivity contribution in [2.75, 3.05) is 5.32 Å². The molecule has 0 aliphatic rings. The van der Waals surface area contributed by atoms with Crippen molar-refractivity contribution in [1.82, 2.24) is 0 Å². The van der Waals surface area contributed by atoms with E-state index in [1.165, 1.54) is 6.92 Å². The lowest BCUT2D eigenvalue weighted by atomic mass is 10.3. The van der Waals surface area contributed by atoms with E-state index >= 15 is 0 Å². The van der Waals surface area contributed by atoms with Crippen LogP contribution in [0.4, 0.5) is 10.1 Å². The number of anilines is 1. The molecule has 0 atom stereocenters. The van der Waals surface area contributed by atoms with Gasteiger partial charge in [0.15, 0.2) is 0 Å². The van der Waals surface area contributed by atoms with Crippen LogP contribution in [0, 0.1) is 17.7 Å². The molecule has 0 saturated heterocycles. The summed E-state index contributed by atoms with van der Waals surface area (Å²) in [5, 5.41) is 7.07. The van der Waals surface area contributed by atoms with Crippen molar-refractivity contribution < 1.29 is 17.6 Å². The molecule has 1 amide bonds. The Morgan fingerprint density at radius 1 is 1.41 bits per heavy atom. The van der Waals surface area contributed by atoms with Crippen LogP contribution in [0.1, 0.15) is 6.92 Å².